The molecule has 0 amide bonds. The first-order valence-electron chi connectivity index (χ1n) is 5.30. The molecule has 1 N–H and O–H groups in total. The van der Waals surface area contributed by atoms with Gasteiger partial charge in [0, 0.05) is 17.0 Å². The minimum Gasteiger partial charge on any atom is -0.298 e. The molecule has 2 fully saturated rings. The third kappa shape index (κ3) is 1.88. The number of hydrogen-bond acceptors (Lipinski definition) is 3. The van der Waals surface area contributed by atoms with Crippen LogP contribution in [0.2, 0.25) is 0 Å². The van der Waals surface area contributed by atoms with Crippen molar-refractivity contribution in [3.63, 3.8) is 0 Å². The van der Waals surface area contributed by atoms with Crippen LogP contribution in [0.5, 0.6) is 0 Å². The molecular weight excluding hydrogens is 198 g/mol. The molecule has 0 bridgehead atoms. The number of nitrogens with one attached hydrogen (secondary N) is 1. The van der Waals surface area contributed by atoms with Crippen molar-refractivity contribution in [2.24, 2.45) is 0 Å². The molecule has 3 atom stereocenters. The van der Waals surface area contributed by atoms with E-state index in [-0.39, 0.29) is 0 Å². The maximum Gasteiger partial charge on any atom is 0.0765 e. The van der Waals surface area contributed by atoms with Crippen LogP contribution in [0.15, 0.2) is 0 Å². The van der Waals surface area contributed by atoms with E-state index in [0.29, 0.717) is 4.87 Å². The molecule has 13 heavy (non-hydrogen) atoms. The molecule has 2 aliphatic rings. The summed E-state index contributed by atoms with van der Waals surface area (Å²) in [6.07, 6.45) is 4.06. The van der Waals surface area contributed by atoms with Crippen LogP contribution in [0.4, 0.5) is 0 Å². The maximum atomic E-state index is 3.85. The first-order valence-corrected chi connectivity index (χ1v) is 7.33. The highest BCUT2D eigenvalue weighted by molar-refractivity contribution is 8.04. The van der Waals surface area contributed by atoms with Crippen molar-refractivity contribution < 1.29 is 0 Å². The molecule has 0 saturated carbocycles. The lowest BCUT2D eigenvalue weighted by molar-refractivity contribution is 0.395. The Kier molecular flexibility index (Phi) is 3.16. The van der Waals surface area contributed by atoms with E-state index in [9.17, 15) is 0 Å². The van der Waals surface area contributed by atoms with Crippen molar-refractivity contribution >= 4 is 23.5 Å². The van der Waals surface area contributed by atoms with Gasteiger partial charge in [-0.25, -0.2) is 0 Å². The molecule has 0 aromatic carbocycles. The topological polar surface area (TPSA) is 12.0 Å². The first kappa shape index (κ1) is 10.2. The molecule has 0 radical (unpaired) electrons. The summed E-state index contributed by atoms with van der Waals surface area (Å²) < 4.78 is 0. The van der Waals surface area contributed by atoms with Crippen molar-refractivity contribution in [2.45, 2.75) is 49.3 Å². The molecule has 2 saturated heterocycles. The van der Waals surface area contributed by atoms with E-state index >= 15 is 0 Å². The zero-order chi connectivity index (χ0) is 9.31. The highest BCUT2D eigenvalue weighted by Gasteiger charge is 2.44. The van der Waals surface area contributed by atoms with Gasteiger partial charge in [-0.05, 0) is 25.0 Å². The van der Waals surface area contributed by atoms with E-state index in [1.807, 2.05) is 0 Å². The Hall–Kier alpha value is 0.660. The number of thioether (sulfide) groups is 2. The minimum absolute atomic E-state index is 0.434. The van der Waals surface area contributed by atoms with E-state index in [4.69, 9.17) is 0 Å². The van der Waals surface area contributed by atoms with Crippen LogP contribution in [0.25, 0.3) is 0 Å². The Morgan fingerprint density at radius 1 is 1.54 bits per heavy atom. The fraction of sp³-hybridized carbons (Fsp3) is 1.00. The second kappa shape index (κ2) is 4.03. The van der Waals surface area contributed by atoms with E-state index in [0.717, 1.165) is 11.3 Å². The van der Waals surface area contributed by atoms with Crippen LogP contribution < -0.4 is 5.32 Å². The first-order chi connectivity index (χ1) is 6.27. The van der Waals surface area contributed by atoms with Crippen LogP contribution in [0, 0.1) is 0 Å². The van der Waals surface area contributed by atoms with Gasteiger partial charge in [0.1, 0.15) is 0 Å². The second-order valence-corrected chi connectivity index (χ2v) is 6.87. The quantitative estimate of drug-likeness (QED) is 0.725. The summed E-state index contributed by atoms with van der Waals surface area (Å²) in [5, 5.41) is 4.64. The predicted molar refractivity (Wildman–Crippen MR) is 63.6 cm³/mol. The summed E-state index contributed by atoms with van der Waals surface area (Å²) in [6.45, 7) is 4.68. The Bertz CT molecular complexity index is 186. The Morgan fingerprint density at radius 3 is 3.00 bits per heavy atom. The van der Waals surface area contributed by atoms with Gasteiger partial charge < -0.3 is 0 Å². The van der Waals surface area contributed by atoms with Crippen LogP contribution in [-0.2, 0) is 0 Å². The number of rotatable bonds is 1. The van der Waals surface area contributed by atoms with Gasteiger partial charge in [-0.15, -0.1) is 11.8 Å². The minimum atomic E-state index is 0.434. The van der Waals surface area contributed by atoms with Crippen molar-refractivity contribution in [3.05, 3.63) is 0 Å². The van der Waals surface area contributed by atoms with Crippen LogP contribution in [0.1, 0.15) is 33.1 Å². The van der Waals surface area contributed by atoms with Gasteiger partial charge in [0.25, 0.3) is 0 Å². The summed E-state index contributed by atoms with van der Waals surface area (Å²) in [5.41, 5.74) is 0. The molecule has 2 rings (SSSR count). The van der Waals surface area contributed by atoms with Gasteiger partial charge in [0.05, 0.1) is 4.87 Å². The lowest BCUT2D eigenvalue weighted by Crippen LogP contribution is -2.50. The van der Waals surface area contributed by atoms with Crippen molar-refractivity contribution in [3.8, 4) is 0 Å². The molecule has 1 nitrogen and oxygen atoms in total. The second-order valence-electron chi connectivity index (χ2n) is 4.07. The zero-order valence-electron chi connectivity index (χ0n) is 8.51. The van der Waals surface area contributed by atoms with Crippen LogP contribution in [-0.4, -0.2) is 27.7 Å². The summed E-state index contributed by atoms with van der Waals surface area (Å²) in [4.78, 5) is 0.434. The zero-order valence-corrected chi connectivity index (χ0v) is 10.1. The molecule has 0 aromatic rings. The monoisotopic (exact) mass is 217 g/mol. The van der Waals surface area contributed by atoms with Gasteiger partial charge in [-0.2, -0.15) is 11.8 Å². The molecule has 0 aliphatic carbocycles. The molecule has 2 heterocycles. The summed E-state index contributed by atoms with van der Waals surface area (Å²) >= 11 is 4.32. The van der Waals surface area contributed by atoms with Gasteiger partial charge in [-0.3, -0.25) is 5.32 Å². The molecule has 3 unspecified atom stereocenters. The Morgan fingerprint density at radius 2 is 2.38 bits per heavy atom. The van der Waals surface area contributed by atoms with E-state index in [2.05, 4.69) is 42.7 Å². The predicted octanol–water partition coefficient (Wildman–Crippen LogP) is 2.71. The fourth-order valence-electron chi connectivity index (χ4n) is 2.21. The molecule has 3 heteroatoms. The normalized spacial score (nSPS) is 45.7. The smallest absolute Gasteiger partial charge is 0.0765 e. The van der Waals surface area contributed by atoms with Gasteiger partial charge in [0.2, 0.25) is 0 Å². The molecule has 1 spiro atoms. The van der Waals surface area contributed by atoms with E-state index in [1.54, 1.807) is 0 Å². The molecule has 76 valence electrons. The summed E-state index contributed by atoms with van der Waals surface area (Å²) in [6, 6.07) is 0.770. The third-order valence-electron chi connectivity index (χ3n) is 3.20. The third-order valence-corrected chi connectivity index (χ3v) is 6.54. The largest absolute Gasteiger partial charge is 0.298 e. The molecule has 0 aromatic heterocycles. The standard InChI is InChI=1S/C10H19NS2/c1-3-9-7-13-10(11-9)5-4-6-12-8(10)2/h8-9,11H,3-7H2,1-2H3. The van der Waals surface area contributed by atoms with Crippen LogP contribution >= 0.6 is 23.5 Å². The highest BCUT2D eigenvalue weighted by atomic mass is 32.2. The van der Waals surface area contributed by atoms with Gasteiger partial charge >= 0.3 is 0 Å². The van der Waals surface area contributed by atoms with Crippen LogP contribution in [0.3, 0.4) is 0 Å². The van der Waals surface area contributed by atoms with Gasteiger partial charge in [0.15, 0.2) is 0 Å². The Balaban J connectivity index is 2.03. The van der Waals surface area contributed by atoms with Crippen molar-refractivity contribution in [2.75, 3.05) is 11.5 Å². The lowest BCUT2D eigenvalue weighted by Gasteiger charge is -2.39. The van der Waals surface area contributed by atoms with E-state index < -0.39 is 0 Å². The van der Waals surface area contributed by atoms with Gasteiger partial charge in [-0.1, -0.05) is 13.8 Å². The molecule has 2 aliphatic heterocycles. The average Bonchev–Trinajstić information content (AvgIpc) is 2.56. The molecular formula is C10H19NS2. The average molecular weight is 217 g/mol. The van der Waals surface area contributed by atoms with E-state index in [1.165, 1.54) is 30.8 Å². The van der Waals surface area contributed by atoms with Crippen molar-refractivity contribution in [1.29, 1.82) is 0 Å². The van der Waals surface area contributed by atoms with Crippen molar-refractivity contribution in [1.82, 2.24) is 5.32 Å². The lowest BCUT2D eigenvalue weighted by atomic mass is 10.1. The number of hydrogen-bond donors (Lipinski definition) is 1. The summed E-state index contributed by atoms with van der Waals surface area (Å²) in [7, 11) is 0. The SMILES string of the molecule is CCC1CSC2(CCCSC2C)N1. The Labute approximate surface area is 89.8 Å². The summed E-state index contributed by atoms with van der Waals surface area (Å²) in [5.74, 6) is 2.68. The fourth-order valence-corrected chi connectivity index (χ4v) is 5.33. The maximum absolute atomic E-state index is 3.85. The highest BCUT2D eigenvalue weighted by Crippen LogP contribution is 2.45.